The molecule has 3 nitrogen and oxygen atoms in total. The summed E-state index contributed by atoms with van der Waals surface area (Å²) >= 11 is 0. The van der Waals surface area contributed by atoms with Crippen LogP contribution in [0.25, 0.3) is 0 Å². The van der Waals surface area contributed by atoms with Crippen LogP contribution >= 0.6 is 0 Å². The van der Waals surface area contributed by atoms with Gasteiger partial charge in [0.1, 0.15) is 5.82 Å². The Morgan fingerprint density at radius 2 is 1.55 bits per heavy atom. The molecule has 0 aliphatic heterocycles. The van der Waals surface area contributed by atoms with Gasteiger partial charge in [0.15, 0.2) is 0 Å². The van der Waals surface area contributed by atoms with E-state index in [1.807, 2.05) is 0 Å². The molecule has 2 rings (SSSR count). The van der Waals surface area contributed by atoms with Gasteiger partial charge in [0.2, 0.25) is 0 Å². The summed E-state index contributed by atoms with van der Waals surface area (Å²) in [7, 11) is 0. The summed E-state index contributed by atoms with van der Waals surface area (Å²) in [5.41, 5.74) is 9.52. The van der Waals surface area contributed by atoms with Crippen molar-refractivity contribution in [2.24, 2.45) is 11.7 Å². The molecule has 0 aromatic carbocycles. The van der Waals surface area contributed by atoms with Crippen molar-refractivity contribution in [2.45, 2.75) is 71.6 Å². The van der Waals surface area contributed by atoms with Crippen molar-refractivity contribution >= 4 is 0 Å². The molecule has 0 unspecified atom stereocenters. The normalized spacial score (nSPS) is 23.0. The van der Waals surface area contributed by atoms with Crippen LogP contribution in [0.15, 0.2) is 0 Å². The summed E-state index contributed by atoms with van der Waals surface area (Å²) in [5, 5.41) is 0. The van der Waals surface area contributed by atoms with E-state index in [1.54, 1.807) is 0 Å². The Hall–Kier alpha value is -0.960. The Labute approximate surface area is 123 Å². The summed E-state index contributed by atoms with van der Waals surface area (Å²) in [6, 6.07) is 0. The quantitative estimate of drug-likeness (QED) is 0.896. The van der Waals surface area contributed by atoms with Gasteiger partial charge in [0, 0.05) is 17.3 Å². The number of hydrogen-bond donors (Lipinski definition) is 1. The molecule has 1 heterocycles. The number of rotatable bonds is 5. The molecule has 1 saturated carbocycles. The highest BCUT2D eigenvalue weighted by Crippen LogP contribution is 2.34. The molecule has 1 aliphatic carbocycles. The topological polar surface area (TPSA) is 51.8 Å². The molecule has 0 spiro atoms. The third-order valence-electron chi connectivity index (χ3n) is 4.64. The van der Waals surface area contributed by atoms with E-state index in [1.165, 1.54) is 42.6 Å². The van der Waals surface area contributed by atoms with E-state index in [-0.39, 0.29) is 0 Å². The lowest BCUT2D eigenvalue weighted by Crippen LogP contribution is -2.18. The largest absolute Gasteiger partial charge is 0.330 e. The first-order valence-electron chi connectivity index (χ1n) is 8.28. The zero-order valence-electron chi connectivity index (χ0n) is 13.3. The van der Waals surface area contributed by atoms with Gasteiger partial charge in [-0.3, -0.25) is 0 Å². The Bertz CT molecular complexity index is 409. The highest BCUT2D eigenvalue weighted by molar-refractivity contribution is 5.28. The maximum atomic E-state index is 5.75. The molecule has 1 fully saturated rings. The molecule has 2 N–H and O–H groups in total. The molecule has 0 amide bonds. The van der Waals surface area contributed by atoms with Gasteiger partial charge in [-0.15, -0.1) is 0 Å². The van der Waals surface area contributed by atoms with Gasteiger partial charge in [-0.05, 0) is 50.1 Å². The lowest BCUT2D eigenvalue weighted by atomic mass is 9.82. The number of hydrogen-bond acceptors (Lipinski definition) is 3. The van der Waals surface area contributed by atoms with Crippen LogP contribution in [0.2, 0.25) is 0 Å². The van der Waals surface area contributed by atoms with Crippen molar-refractivity contribution in [3.63, 3.8) is 0 Å². The predicted molar refractivity (Wildman–Crippen MR) is 83.9 cm³/mol. The van der Waals surface area contributed by atoms with E-state index in [9.17, 15) is 0 Å². The molecule has 0 atom stereocenters. The van der Waals surface area contributed by atoms with E-state index < -0.39 is 0 Å². The van der Waals surface area contributed by atoms with E-state index in [2.05, 4.69) is 20.8 Å². The van der Waals surface area contributed by atoms with E-state index in [0.717, 1.165) is 31.0 Å². The zero-order chi connectivity index (χ0) is 14.5. The van der Waals surface area contributed by atoms with Crippen molar-refractivity contribution in [1.82, 2.24) is 9.97 Å². The molecule has 0 saturated heterocycles. The summed E-state index contributed by atoms with van der Waals surface area (Å²) in [6.45, 7) is 7.42. The van der Waals surface area contributed by atoms with Gasteiger partial charge in [0.05, 0.1) is 0 Å². The lowest BCUT2D eigenvalue weighted by Gasteiger charge is -2.26. The first-order chi connectivity index (χ1) is 9.69. The zero-order valence-corrected chi connectivity index (χ0v) is 13.3. The second-order valence-corrected chi connectivity index (χ2v) is 6.16. The van der Waals surface area contributed by atoms with Gasteiger partial charge in [-0.2, -0.15) is 0 Å². The fourth-order valence-corrected chi connectivity index (χ4v) is 3.32. The minimum atomic E-state index is 0.578. The van der Waals surface area contributed by atoms with Crippen LogP contribution in [-0.2, 0) is 19.3 Å². The van der Waals surface area contributed by atoms with Gasteiger partial charge >= 0.3 is 0 Å². The number of aromatic nitrogens is 2. The van der Waals surface area contributed by atoms with E-state index in [0.29, 0.717) is 12.5 Å². The van der Waals surface area contributed by atoms with Gasteiger partial charge < -0.3 is 5.73 Å². The molecule has 0 radical (unpaired) electrons. The summed E-state index contributed by atoms with van der Waals surface area (Å²) in [6.07, 6.45) is 8.03. The second kappa shape index (κ2) is 7.16. The number of aryl methyl sites for hydroxylation is 2. The van der Waals surface area contributed by atoms with Crippen molar-refractivity contribution in [3.8, 4) is 0 Å². The van der Waals surface area contributed by atoms with E-state index >= 15 is 0 Å². The first kappa shape index (κ1) is 15.4. The molecule has 1 aromatic heterocycles. The third kappa shape index (κ3) is 3.38. The fraction of sp³-hybridized carbons (Fsp3) is 0.765. The van der Waals surface area contributed by atoms with Crippen molar-refractivity contribution < 1.29 is 0 Å². The fourth-order valence-electron chi connectivity index (χ4n) is 3.32. The van der Waals surface area contributed by atoms with E-state index in [4.69, 9.17) is 15.7 Å². The van der Waals surface area contributed by atoms with Crippen molar-refractivity contribution in [3.05, 3.63) is 22.8 Å². The summed E-state index contributed by atoms with van der Waals surface area (Å²) < 4.78 is 0. The van der Waals surface area contributed by atoms with Crippen LogP contribution in [0, 0.1) is 5.92 Å². The van der Waals surface area contributed by atoms with Crippen LogP contribution < -0.4 is 5.73 Å². The molecular formula is C17H29N3. The van der Waals surface area contributed by atoms with Crippen LogP contribution in [-0.4, -0.2) is 16.5 Å². The molecule has 20 heavy (non-hydrogen) atoms. The monoisotopic (exact) mass is 275 g/mol. The Morgan fingerprint density at radius 1 is 1.00 bits per heavy atom. The van der Waals surface area contributed by atoms with Crippen LogP contribution in [0.1, 0.15) is 75.1 Å². The first-order valence-corrected chi connectivity index (χ1v) is 8.28. The highest BCUT2D eigenvalue weighted by atomic mass is 14.9. The predicted octanol–water partition coefficient (Wildman–Crippen LogP) is 3.40. The molecule has 1 aliphatic rings. The molecule has 0 bridgehead atoms. The van der Waals surface area contributed by atoms with Crippen molar-refractivity contribution in [1.29, 1.82) is 0 Å². The average Bonchev–Trinajstić information content (AvgIpc) is 2.48. The standard InChI is InChI=1S/C17H29N3/c1-4-15-14(10-11-18)16(5-2)20-17(19-15)13-8-6-12(3)7-9-13/h12-13H,4-11,18H2,1-3H3. The third-order valence-corrected chi connectivity index (χ3v) is 4.64. The minimum Gasteiger partial charge on any atom is -0.330 e. The van der Waals surface area contributed by atoms with Gasteiger partial charge in [0.25, 0.3) is 0 Å². The van der Waals surface area contributed by atoms with Crippen LogP contribution in [0.3, 0.4) is 0 Å². The molecule has 1 aromatic rings. The molecule has 3 heteroatoms. The van der Waals surface area contributed by atoms with Crippen LogP contribution in [0.4, 0.5) is 0 Å². The Balaban J connectivity index is 2.30. The second-order valence-electron chi connectivity index (χ2n) is 6.16. The summed E-state index contributed by atoms with van der Waals surface area (Å²) in [5.74, 6) is 2.55. The maximum absolute atomic E-state index is 5.75. The number of nitrogens with two attached hydrogens (primary N) is 1. The molecule has 112 valence electrons. The van der Waals surface area contributed by atoms with Gasteiger partial charge in [-0.25, -0.2) is 9.97 Å². The smallest absolute Gasteiger partial charge is 0.131 e. The minimum absolute atomic E-state index is 0.578. The Kier molecular flexibility index (Phi) is 5.53. The van der Waals surface area contributed by atoms with Crippen LogP contribution in [0.5, 0.6) is 0 Å². The lowest BCUT2D eigenvalue weighted by molar-refractivity contribution is 0.338. The van der Waals surface area contributed by atoms with Crippen molar-refractivity contribution in [2.75, 3.05) is 6.54 Å². The maximum Gasteiger partial charge on any atom is 0.131 e. The SMILES string of the molecule is CCc1nc(C2CCC(C)CC2)nc(CC)c1CCN. The summed E-state index contributed by atoms with van der Waals surface area (Å²) in [4.78, 5) is 9.80. The number of nitrogens with zero attached hydrogens (tertiary/aromatic N) is 2. The molecular weight excluding hydrogens is 246 g/mol. The highest BCUT2D eigenvalue weighted by Gasteiger charge is 2.23. The average molecular weight is 275 g/mol. The Morgan fingerprint density at radius 3 is 2.00 bits per heavy atom. The van der Waals surface area contributed by atoms with Gasteiger partial charge in [-0.1, -0.05) is 33.6 Å².